The van der Waals surface area contributed by atoms with Crippen LogP contribution in [0.2, 0.25) is 0 Å². The largest absolute Gasteiger partial charge is 0.497 e. The monoisotopic (exact) mass is 289 g/mol. The second kappa shape index (κ2) is 6.71. The predicted molar refractivity (Wildman–Crippen MR) is 75.7 cm³/mol. The minimum atomic E-state index is -0.415. The van der Waals surface area contributed by atoms with Crippen molar-refractivity contribution in [3.8, 4) is 11.5 Å². The molecule has 21 heavy (non-hydrogen) atoms. The zero-order valence-electron chi connectivity index (χ0n) is 11.7. The zero-order chi connectivity index (χ0) is 15.2. The number of methoxy groups -OCH3 is 1. The van der Waals surface area contributed by atoms with Gasteiger partial charge in [0.2, 0.25) is 0 Å². The van der Waals surface area contributed by atoms with Crippen LogP contribution >= 0.6 is 0 Å². The van der Waals surface area contributed by atoms with Gasteiger partial charge in [0.05, 0.1) is 7.11 Å². The predicted octanol–water partition coefficient (Wildman–Crippen LogP) is 2.27. The second-order valence-corrected chi connectivity index (χ2v) is 4.21. The Morgan fingerprint density at radius 1 is 1.38 bits per heavy atom. The van der Waals surface area contributed by atoms with E-state index in [4.69, 9.17) is 19.1 Å². The summed E-state index contributed by atoms with van der Waals surface area (Å²) in [4.78, 5) is 11.1. The van der Waals surface area contributed by atoms with E-state index in [0.29, 0.717) is 28.5 Å². The molecule has 0 atom stereocenters. The van der Waals surface area contributed by atoms with E-state index >= 15 is 0 Å². The van der Waals surface area contributed by atoms with Gasteiger partial charge in [-0.1, -0.05) is 5.16 Å². The van der Waals surface area contributed by atoms with Crippen LogP contribution < -0.4 is 9.47 Å². The number of ether oxygens (including phenoxy) is 2. The highest BCUT2D eigenvalue weighted by atomic mass is 16.5. The van der Waals surface area contributed by atoms with Gasteiger partial charge < -0.3 is 19.1 Å². The summed E-state index contributed by atoms with van der Waals surface area (Å²) in [7, 11) is 1.54. The number of benzene rings is 1. The minimum Gasteiger partial charge on any atom is -0.497 e. The highest BCUT2D eigenvalue weighted by Gasteiger charge is 2.07. The Labute approximate surface area is 121 Å². The number of aliphatic hydroxyl groups excluding tert-OH is 1. The van der Waals surface area contributed by atoms with Crippen molar-refractivity contribution in [2.24, 2.45) is 0 Å². The van der Waals surface area contributed by atoms with Crippen LogP contribution in [0.1, 0.15) is 23.9 Å². The van der Waals surface area contributed by atoms with Gasteiger partial charge in [0, 0.05) is 24.6 Å². The van der Waals surface area contributed by atoms with Gasteiger partial charge in [-0.2, -0.15) is 0 Å². The molecule has 0 saturated heterocycles. The smallest absolute Gasteiger partial charge is 0.308 e. The molecule has 110 valence electrons. The Hall–Kier alpha value is -2.60. The molecule has 1 aromatic carbocycles. The summed E-state index contributed by atoms with van der Waals surface area (Å²) >= 11 is 0. The fraction of sp³-hybridized carbons (Fsp3) is 0.200. The standard InChI is InChI=1S/C15H15NO5/c1-10(18)20-15-8-13(19-2)6-4-11(15)3-5-12-7-14(9-17)21-16-12/h3-8,17H,9H2,1-2H3/b5-3+. The molecule has 0 unspecified atom stereocenters. The molecule has 1 heterocycles. The van der Waals surface area contributed by atoms with E-state index in [9.17, 15) is 4.79 Å². The molecule has 6 nitrogen and oxygen atoms in total. The lowest BCUT2D eigenvalue weighted by atomic mass is 10.1. The Morgan fingerprint density at radius 2 is 2.19 bits per heavy atom. The maximum absolute atomic E-state index is 11.1. The van der Waals surface area contributed by atoms with Gasteiger partial charge in [-0.15, -0.1) is 0 Å². The van der Waals surface area contributed by atoms with E-state index in [1.807, 2.05) is 0 Å². The van der Waals surface area contributed by atoms with E-state index in [-0.39, 0.29) is 6.61 Å². The van der Waals surface area contributed by atoms with Crippen LogP contribution in [0, 0.1) is 0 Å². The molecule has 1 aromatic heterocycles. The Balaban J connectivity index is 2.27. The molecule has 0 spiro atoms. The summed E-state index contributed by atoms with van der Waals surface area (Å²) in [5, 5.41) is 12.7. The Kier molecular flexibility index (Phi) is 4.73. The third-order valence-corrected chi connectivity index (χ3v) is 2.64. The third kappa shape index (κ3) is 3.93. The molecule has 0 aliphatic rings. The van der Waals surface area contributed by atoms with Crippen molar-refractivity contribution in [2.45, 2.75) is 13.5 Å². The number of hydrogen-bond donors (Lipinski definition) is 1. The summed E-state index contributed by atoms with van der Waals surface area (Å²) in [6.45, 7) is 1.13. The fourth-order valence-corrected chi connectivity index (χ4v) is 1.68. The van der Waals surface area contributed by atoms with Crippen molar-refractivity contribution in [3.05, 3.63) is 41.3 Å². The van der Waals surface area contributed by atoms with Gasteiger partial charge in [0.15, 0.2) is 5.76 Å². The van der Waals surface area contributed by atoms with Crippen molar-refractivity contribution in [3.63, 3.8) is 0 Å². The normalized spacial score (nSPS) is 10.8. The minimum absolute atomic E-state index is 0.206. The van der Waals surface area contributed by atoms with Gasteiger partial charge in [0.1, 0.15) is 23.8 Å². The number of hydrogen-bond acceptors (Lipinski definition) is 6. The lowest BCUT2D eigenvalue weighted by Gasteiger charge is -2.07. The SMILES string of the molecule is COc1ccc(/C=C/c2cc(CO)on2)c(OC(C)=O)c1. The van der Waals surface area contributed by atoms with Crippen molar-refractivity contribution in [1.82, 2.24) is 5.16 Å². The van der Waals surface area contributed by atoms with Gasteiger partial charge in [-0.3, -0.25) is 4.79 Å². The molecule has 0 fully saturated rings. The molecule has 0 saturated carbocycles. The number of carbonyl (C=O) groups is 1. The first kappa shape index (κ1) is 14.8. The van der Waals surface area contributed by atoms with Gasteiger partial charge in [-0.25, -0.2) is 0 Å². The molecule has 6 heteroatoms. The molecular formula is C15H15NO5. The number of carbonyl (C=O) groups excluding carboxylic acids is 1. The lowest BCUT2D eigenvalue weighted by molar-refractivity contribution is -0.131. The summed E-state index contributed by atoms with van der Waals surface area (Å²) in [5.41, 5.74) is 1.25. The summed E-state index contributed by atoms with van der Waals surface area (Å²) in [5.74, 6) is 0.947. The highest BCUT2D eigenvalue weighted by Crippen LogP contribution is 2.26. The zero-order valence-corrected chi connectivity index (χ0v) is 11.7. The number of aliphatic hydroxyl groups is 1. The molecule has 0 aliphatic heterocycles. The molecule has 0 radical (unpaired) electrons. The quantitative estimate of drug-likeness (QED) is 0.671. The Morgan fingerprint density at radius 3 is 2.81 bits per heavy atom. The maximum Gasteiger partial charge on any atom is 0.308 e. The first-order valence-corrected chi connectivity index (χ1v) is 6.23. The number of rotatable bonds is 5. The van der Waals surface area contributed by atoms with Crippen molar-refractivity contribution in [1.29, 1.82) is 0 Å². The molecule has 2 rings (SSSR count). The highest BCUT2D eigenvalue weighted by molar-refractivity contribution is 5.76. The average Bonchev–Trinajstić information content (AvgIpc) is 2.93. The molecule has 0 amide bonds. The van der Waals surface area contributed by atoms with E-state index in [1.54, 1.807) is 36.4 Å². The second-order valence-electron chi connectivity index (χ2n) is 4.21. The summed E-state index contributed by atoms with van der Waals surface area (Å²) < 4.78 is 15.1. The number of nitrogens with zero attached hydrogens (tertiary/aromatic N) is 1. The van der Waals surface area contributed by atoms with Gasteiger partial charge in [-0.05, 0) is 24.3 Å². The van der Waals surface area contributed by atoms with Crippen LogP contribution in [0.5, 0.6) is 11.5 Å². The molecule has 2 aromatic rings. The topological polar surface area (TPSA) is 81.8 Å². The maximum atomic E-state index is 11.1. The van der Waals surface area contributed by atoms with E-state index < -0.39 is 5.97 Å². The lowest BCUT2D eigenvalue weighted by Crippen LogP contribution is -2.03. The fourth-order valence-electron chi connectivity index (χ4n) is 1.68. The summed E-state index contributed by atoms with van der Waals surface area (Å²) in [6.07, 6.45) is 3.42. The third-order valence-electron chi connectivity index (χ3n) is 2.64. The van der Waals surface area contributed by atoms with Crippen LogP contribution in [-0.4, -0.2) is 23.3 Å². The molecular weight excluding hydrogens is 274 g/mol. The van der Waals surface area contributed by atoms with Crippen molar-refractivity contribution in [2.75, 3.05) is 7.11 Å². The van der Waals surface area contributed by atoms with E-state index in [0.717, 1.165) is 0 Å². The molecule has 1 N–H and O–H groups in total. The van der Waals surface area contributed by atoms with Crippen LogP contribution in [0.4, 0.5) is 0 Å². The van der Waals surface area contributed by atoms with Crippen molar-refractivity contribution >= 4 is 18.1 Å². The van der Waals surface area contributed by atoms with Crippen LogP contribution in [0.25, 0.3) is 12.2 Å². The van der Waals surface area contributed by atoms with Crippen molar-refractivity contribution < 1.29 is 23.9 Å². The Bertz CT molecular complexity index is 660. The average molecular weight is 289 g/mol. The summed E-state index contributed by atoms with van der Waals surface area (Å²) in [6, 6.07) is 6.77. The van der Waals surface area contributed by atoms with Crippen LogP contribution in [-0.2, 0) is 11.4 Å². The molecule has 0 aliphatic carbocycles. The van der Waals surface area contributed by atoms with Crippen LogP contribution in [0.3, 0.4) is 0 Å². The number of esters is 1. The molecule has 0 bridgehead atoms. The van der Waals surface area contributed by atoms with Crippen LogP contribution in [0.15, 0.2) is 28.8 Å². The van der Waals surface area contributed by atoms with Gasteiger partial charge in [0.25, 0.3) is 0 Å². The van der Waals surface area contributed by atoms with Gasteiger partial charge >= 0.3 is 5.97 Å². The van der Waals surface area contributed by atoms with E-state index in [1.165, 1.54) is 14.0 Å². The number of aromatic nitrogens is 1. The van der Waals surface area contributed by atoms with E-state index in [2.05, 4.69) is 5.16 Å². The first-order chi connectivity index (χ1) is 10.1. The first-order valence-electron chi connectivity index (χ1n) is 6.23.